The molecule has 0 aliphatic rings. The average Bonchev–Trinajstić information content (AvgIpc) is 1.91. The summed E-state index contributed by atoms with van der Waals surface area (Å²) in [7, 11) is 0. The summed E-state index contributed by atoms with van der Waals surface area (Å²) in [5.41, 5.74) is 1.08. The fourth-order valence-corrected chi connectivity index (χ4v) is 1.50. The molecule has 66 valence electrons. The smallest absolute Gasteiger partial charge is 0.194 e. The summed E-state index contributed by atoms with van der Waals surface area (Å²) >= 11 is 0.576. The fourth-order valence-electron chi connectivity index (χ4n) is 0.813. The van der Waals surface area contributed by atoms with Crippen molar-refractivity contribution < 1.29 is 8.78 Å². The number of alkyl halides is 2. The van der Waals surface area contributed by atoms with Gasteiger partial charge in [0.1, 0.15) is 0 Å². The lowest BCUT2D eigenvalue weighted by atomic mass is 10.2. The van der Waals surface area contributed by atoms with E-state index >= 15 is 0 Å². The highest BCUT2D eigenvalue weighted by atomic mass is 32.2. The molecule has 0 amide bonds. The summed E-state index contributed by atoms with van der Waals surface area (Å²) in [5, 5.41) is -2.69. The lowest BCUT2D eigenvalue weighted by molar-refractivity contribution is 0.129. The van der Waals surface area contributed by atoms with Gasteiger partial charge in [-0.15, -0.1) is 0 Å². The minimum atomic E-state index is -2.69. The van der Waals surface area contributed by atoms with Gasteiger partial charge in [0.15, 0.2) is 0 Å². The average molecular weight is 188 g/mol. The normalized spacial score (nSPS) is 11.7. The number of hydrogen-bond acceptors (Lipinski definition) is 1. The summed E-state index contributed by atoms with van der Waals surface area (Å²) in [4.78, 5) is 0.605. The van der Waals surface area contributed by atoms with Gasteiger partial charge in [-0.2, -0.15) is 8.78 Å². The van der Waals surface area contributed by atoms with Crippen molar-refractivity contribution in [3.8, 4) is 0 Å². The Morgan fingerprint density at radius 2 is 1.67 bits per heavy atom. The molecule has 0 atom stereocenters. The van der Waals surface area contributed by atoms with Crippen molar-refractivity contribution in [3.05, 3.63) is 29.8 Å². The minimum Gasteiger partial charge on any atom is -0.194 e. The SMILES string of the molecule is Cc1ccc(SC(C)(F)F)cc1. The molecule has 0 heterocycles. The van der Waals surface area contributed by atoms with Crippen LogP contribution in [0.15, 0.2) is 29.2 Å². The first kappa shape index (κ1) is 9.52. The standard InChI is InChI=1S/C9H10F2S/c1-7-3-5-8(6-4-7)12-9(2,10)11/h3-6H,1-2H3. The van der Waals surface area contributed by atoms with Gasteiger partial charge in [-0.3, -0.25) is 0 Å². The third kappa shape index (κ3) is 3.22. The van der Waals surface area contributed by atoms with E-state index in [4.69, 9.17) is 0 Å². The van der Waals surface area contributed by atoms with Crippen LogP contribution in [-0.2, 0) is 0 Å². The molecule has 0 aliphatic carbocycles. The van der Waals surface area contributed by atoms with Gasteiger partial charge in [-0.25, -0.2) is 0 Å². The first-order valence-corrected chi connectivity index (χ1v) is 4.42. The summed E-state index contributed by atoms with van der Waals surface area (Å²) in [6.45, 7) is 2.83. The Hall–Kier alpha value is -0.570. The van der Waals surface area contributed by atoms with Gasteiger partial charge < -0.3 is 0 Å². The maximum atomic E-state index is 12.5. The van der Waals surface area contributed by atoms with Crippen molar-refractivity contribution in [2.45, 2.75) is 24.0 Å². The van der Waals surface area contributed by atoms with Gasteiger partial charge in [0.25, 0.3) is 5.25 Å². The lowest BCUT2D eigenvalue weighted by Gasteiger charge is -2.08. The van der Waals surface area contributed by atoms with E-state index in [1.165, 1.54) is 0 Å². The molecule has 0 bridgehead atoms. The van der Waals surface area contributed by atoms with E-state index in [0.29, 0.717) is 16.7 Å². The molecule has 12 heavy (non-hydrogen) atoms. The van der Waals surface area contributed by atoms with E-state index in [-0.39, 0.29) is 0 Å². The summed E-state index contributed by atoms with van der Waals surface area (Å²) in [6.07, 6.45) is 0. The van der Waals surface area contributed by atoms with Gasteiger partial charge in [-0.1, -0.05) is 29.5 Å². The van der Waals surface area contributed by atoms with Crippen LogP contribution >= 0.6 is 11.8 Å². The van der Waals surface area contributed by atoms with Crippen LogP contribution in [0.25, 0.3) is 0 Å². The lowest BCUT2D eigenvalue weighted by Crippen LogP contribution is -2.01. The predicted molar refractivity (Wildman–Crippen MR) is 47.7 cm³/mol. The Morgan fingerprint density at radius 1 is 1.17 bits per heavy atom. The van der Waals surface area contributed by atoms with Crippen LogP contribution < -0.4 is 0 Å². The highest BCUT2D eigenvalue weighted by molar-refractivity contribution is 8.00. The first-order valence-electron chi connectivity index (χ1n) is 3.61. The molecule has 3 heteroatoms. The second-order valence-corrected chi connectivity index (χ2v) is 4.12. The van der Waals surface area contributed by atoms with Crippen molar-refractivity contribution in [2.75, 3.05) is 0 Å². The van der Waals surface area contributed by atoms with Gasteiger partial charge >= 0.3 is 0 Å². The Bertz CT molecular complexity index is 248. The van der Waals surface area contributed by atoms with Gasteiger partial charge in [-0.05, 0) is 19.1 Å². The Kier molecular flexibility index (Phi) is 2.73. The Balaban J connectivity index is 2.71. The zero-order valence-corrected chi connectivity index (χ0v) is 7.79. The molecule has 0 nitrogen and oxygen atoms in total. The molecule has 1 rings (SSSR count). The maximum Gasteiger partial charge on any atom is 0.295 e. The topological polar surface area (TPSA) is 0 Å². The fraction of sp³-hybridized carbons (Fsp3) is 0.333. The Labute approximate surface area is 75.0 Å². The van der Waals surface area contributed by atoms with Crippen molar-refractivity contribution >= 4 is 11.8 Å². The molecule has 0 spiro atoms. The molecule has 0 aliphatic heterocycles. The molecule has 0 fully saturated rings. The number of aryl methyl sites for hydroxylation is 1. The van der Waals surface area contributed by atoms with E-state index in [2.05, 4.69) is 0 Å². The maximum absolute atomic E-state index is 12.5. The highest BCUT2D eigenvalue weighted by Gasteiger charge is 2.22. The van der Waals surface area contributed by atoms with E-state index < -0.39 is 5.25 Å². The third-order valence-corrected chi connectivity index (χ3v) is 2.18. The summed E-state index contributed by atoms with van der Waals surface area (Å²) in [6, 6.07) is 7.07. The van der Waals surface area contributed by atoms with Gasteiger partial charge in [0, 0.05) is 11.8 Å². The van der Waals surface area contributed by atoms with Crippen LogP contribution in [0, 0.1) is 6.92 Å². The van der Waals surface area contributed by atoms with E-state index in [0.717, 1.165) is 12.5 Å². The highest BCUT2D eigenvalue weighted by Crippen LogP contribution is 2.34. The monoisotopic (exact) mass is 188 g/mol. The third-order valence-electron chi connectivity index (χ3n) is 1.32. The van der Waals surface area contributed by atoms with Crippen molar-refractivity contribution in [3.63, 3.8) is 0 Å². The van der Waals surface area contributed by atoms with Crippen LogP contribution in [0.2, 0.25) is 0 Å². The molecule has 0 radical (unpaired) electrons. The largest absolute Gasteiger partial charge is 0.295 e. The molecular weight excluding hydrogens is 178 g/mol. The molecule has 0 N–H and O–H groups in total. The van der Waals surface area contributed by atoms with Crippen LogP contribution in [0.1, 0.15) is 12.5 Å². The number of benzene rings is 1. The van der Waals surface area contributed by atoms with Crippen LogP contribution in [0.5, 0.6) is 0 Å². The van der Waals surface area contributed by atoms with Crippen LogP contribution in [-0.4, -0.2) is 5.25 Å². The van der Waals surface area contributed by atoms with Gasteiger partial charge in [0.05, 0.1) is 0 Å². The minimum absolute atomic E-state index is 0.576. The summed E-state index contributed by atoms with van der Waals surface area (Å²) in [5.74, 6) is 0. The number of halogens is 2. The van der Waals surface area contributed by atoms with Crippen molar-refractivity contribution in [1.82, 2.24) is 0 Å². The molecule has 0 unspecified atom stereocenters. The van der Waals surface area contributed by atoms with Crippen molar-refractivity contribution in [1.29, 1.82) is 0 Å². The van der Waals surface area contributed by atoms with E-state index in [9.17, 15) is 8.78 Å². The first-order chi connectivity index (χ1) is 5.47. The van der Waals surface area contributed by atoms with E-state index in [1.54, 1.807) is 12.1 Å². The molecular formula is C9H10F2S. The summed E-state index contributed by atoms with van der Waals surface area (Å²) < 4.78 is 24.9. The van der Waals surface area contributed by atoms with Crippen molar-refractivity contribution in [2.24, 2.45) is 0 Å². The number of hydrogen-bond donors (Lipinski definition) is 0. The second kappa shape index (κ2) is 3.44. The molecule has 0 aromatic heterocycles. The molecule has 1 aromatic rings. The Morgan fingerprint density at radius 3 is 2.08 bits per heavy atom. The predicted octanol–water partition coefficient (Wildman–Crippen LogP) is 3.70. The number of rotatable bonds is 2. The number of thioether (sulfide) groups is 1. The second-order valence-electron chi connectivity index (χ2n) is 2.72. The van der Waals surface area contributed by atoms with Crippen LogP contribution in [0.3, 0.4) is 0 Å². The van der Waals surface area contributed by atoms with Crippen LogP contribution in [0.4, 0.5) is 8.78 Å². The zero-order valence-electron chi connectivity index (χ0n) is 6.97. The quantitative estimate of drug-likeness (QED) is 0.638. The van der Waals surface area contributed by atoms with E-state index in [1.807, 2.05) is 19.1 Å². The van der Waals surface area contributed by atoms with Gasteiger partial charge in [0.2, 0.25) is 0 Å². The molecule has 1 aromatic carbocycles. The molecule has 0 saturated carbocycles. The zero-order chi connectivity index (χ0) is 9.19. The molecule has 0 saturated heterocycles.